The van der Waals surface area contributed by atoms with E-state index in [4.69, 9.17) is 9.47 Å². The maximum Gasteiger partial charge on any atom is 0.272 e. The number of carbonyl (C=O) groups is 1. The quantitative estimate of drug-likeness (QED) is 0.652. The first-order valence-corrected chi connectivity index (χ1v) is 6.55. The van der Waals surface area contributed by atoms with Crippen LogP contribution in [0.5, 0.6) is 17.2 Å². The van der Waals surface area contributed by atoms with Gasteiger partial charge in [0.05, 0.1) is 11.0 Å². The molecule has 1 N–H and O–H groups in total. The van der Waals surface area contributed by atoms with E-state index in [1.807, 2.05) is 0 Å². The SMILES string of the molecule is CNC(=O)COc1cccc(Oc2ccc([N+](=O)[O-])cc2F)c1. The van der Waals surface area contributed by atoms with Gasteiger partial charge in [-0.15, -0.1) is 0 Å². The molecular weight excluding hydrogens is 307 g/mol. The lowest BCUT2D eigenvalue weighted by atomic mass is 10.3. The van der Waals surface area contributed by atoms with Crippen molar-refractivity contribution in [1.29, 1.82) is 0 Å². The van der Waals surface area contributed by atoms with Gasteiger partial charge in [-0.05, 0) is 18.2 Å². The van der Waals surface area contributed by atoms with Crippen molar-refractivity contribution in [3.05, 3.63) is 58.4 Å². The molecule has 0 radical (unpaired) electrons. The molecule has 0 aliphatic heterocycles. The van der Waals surface area contributed by atoms with Crippen LogP contribution < -0.4 is 14.8 Å². The van der Waals surface area contributed by atoms with Crippen LogP contribution >= 0.6 is 0 Å². The summed E-state index contributed by atoms with van der Waals surface area (Å²) in [6, 6.07) is 9.36. The third-order valence-electron chi connectivity index (χ3n) is 2.81. The first kappa shape index (κ1) is 16.2. The van der Waals surface area contributed by atoms with E-state index < -0.39 is 10.7 Å². The Labute approximate surface area is 130 Å². The van der Waals surface area contributed by atoms with E-state index in [0.29, 0.717) is 5.75 Å². The zero-order chi connectivity index (χ0) is 16.8. The van der Waals surface area contributed by atoms with Crippen LogP contribution in [-0.4, -0.2) is 24.5 Å². The fourth-order valence-corrected chi connectivity index (χ4v) is 1.66. The summed E-state index contributed by atoms with van der Waals surface area (Å²) >= 11 is 0. The minimum Gasteiger partial charge on any atom is -0.484 e. The second kappa shape index (κ2) is 7.21. The van der Waals surface area contributed by atoms with Gasteiger partial charge in [-0.3, -0.25) is 14.9 Å². The number of nitro benzene ring substituents is 1. The molecule has 0 saturated heterocycles. The Morgan fingerprint density at radius 3 is 2.65 bits per heavy atom. The lowest BCUT2D eigenvalue weighted by Crippen LogP contribution is -2.24. The summed E-state index contributed by atoms with van der Waals surface area (Å²) in [5.74, 6) is -0.659. The van der Waals surface area contributed by atoms with E-state index in [1.165, 1.54) is 19.2 Å². The van der Waals surface area contributed by atoms with Crippen LogP contribution in [0.3, 0.4) is 0 Å². The summed E-state index contributed by atoms with van der Waals surface area (Å²) in [5.41, 5.74) is -0.363. The topological polar surface area (TPSA) is 90.7 Å². The Kier molecular flexibility index (Phi) is 5.08. The van der Waals surface area contributed by atoms with Crippen molar-refractivity contribution in [2.45, 2.75) is 0 Å². The Morgan fingerprint density at radius 1 is 1.26 bits per heavy atom. The summed E-state index contributed by atoms with van der Waals surface area (Å²) in [6.07, 6.45) is 0. The Hall–Kier alpha value is -3.16. The minimum atomic E-state index is -0.851. The predicted molar refractivity (Wildman–Crippen MR) is 79.1 cm³/mol. The van der Waals surface area contributed by atoms with Crippen LogP contribution in [0.4, 0.5) is 10.1 Å². The molecule has 0 aromatic heterocycles. The summed E-state index contributed by atoms with van der Waals surface area (Å²) < 4.78 is 24.4. The molecule has 0 unspecified atom stereocenters. The van der Waals surface area contributed by atoms with Gasteiger partial charge in [-0.25, -0.2) is 4.39 Å². The van der Waals surface area contributed by atoms with Gasteiger partial charge < -0.3 is 14.8 Å². The highest BCUT2D eigenvalue weighted by Gasteiger charge is 2.12. The smallest absolute Gasteiger partial charge is 0.272 e. The van der Waals surface area contributed by atoms with Crippen molar-refractivity contribution >= 4 is 11.6 Å². The highest BCUT2D eigenvalue weighted by Crippen LogP contribution is 2.29. The van der Waals surface area contributed by atoms with E-state index in [-0.39, 0.29) is 29.7 Å². The van der Waals surface area contributed by atoms with E-state index in [2.05, 4.69) is 5.32 Å². The molecule has 1 amide bonds. The van der Waals surface area contributed by atoms with Crippen LogP contribution in [0.1, 0.15) is 0 Å². The molecule has 7 nitrogen and oxygen atoms in total. The molecule has 2 rings (SSSR count). The predicted octanol–water partition coefficient (Wildman–Crippen LogP) is 2.65. The molecule has 2 aromatic carbocycles. The third-order valence-corrected chi connectivity index (χ3v) is 2.81. The van der Waals surface area contributed by atoms with E-state index in [0.717, 1.165) is 12.1 Å². The van der Waals surface area contributed by atoms with Crippen molar-refractivity contribution < 1.29 is 23.6 Å². The fourth-order valence-electron chi connectivity index (χ4n) is 1.66. The molecule has 2 aromatic rings. The van der Waals surface area contributed by atoms with Crippen LogP contribution in [0.2, 0.25) is 0 Å². The molecule has 0 fully saturated rings. The number of amides is 1. The highest BCUT2D eigenvalue weighted by atomic mass is 19.1. The molecule has 23 heavy (non-hydrogen) atoms. The normalized spacial score (nSPS) is 10.0. The number of ether oxygens (including phenoxy) is 2. The number of likely N-dealkylation sites (N-methyl/N-ethyl adjacent to an activating group) is 1. The van der Waals surface area contributed by atoms with Crippen molar-refractivity contribution in [3.63, 3.8) is 0 Å². The van der Waals surface area contributed by atoms with Crippen LogP contribution in [0, 0.1) is 15.9 Å². The maximum atomic E-state index is 13.8. The van der Waals surface area contributed by atoms with Gasteiger partial charge in [0.15, 0.2) is 18.2 Å². The van der Waals surface area contributed by atoms with Crippen molar-refractivity contribution in [2.75, 3.05) is 13.7 Å². The zero-order valence-corrected chi connectivity index (χ0v) is 12.1. The zero-order valence-electron chi connectivity index (χ0n) is 12.1. The maximum absolute atomic E-state index is 13.8. The number of benzene rings is 2. The standard InChI is InChI=1S/C15H13FN2O5/c1-17-15(19)9-22-11-3-2-4-12(8-11)23-14-6-5-10(18(20)21)7-13(14)16/h2-8H,9H2,1H3,(H,17,19). The van der Waals surface area contributed by atoms with Gasteiger partial charge in [0.25, 0.3) is 11.6 Å². The van der Waals surface area contributed by atoms with Gasteiger partial charge in [0.2, 0.25) is 0 Å². The van der Waals surface area contributed by atoms with Gasteiger partial charge in [-0.1, -0.05) is 6.07 Å². The van der Waals surface area contributed by atoms with Crippen molar-refractivity contribution in [3.8, 4) is 17.2 Å². The Bertz CT molecular complexity index is 736. The second-order valence-corrected chi connectivity index (χ2v) is 4.41. The first-order valence-electron chi connectivity index (χ1n) is 6.55. The summed E-state index contributed by atoms with van der Waals surface area (Å²) in [4.78, 5) is 21.0. The van der Waals surface area contributed by atoms with Gasteiger partial charge in [-0.2, -0.15) is 0 Å². The van der Waals surface area contributed by atoms with Gasteiger partial charge in [0, 0.05) is 19.2 Å². The highest BCUT2D eigenvalue weighted by molar-refractivity contribution is 5.77. The number of non-ortho nitro benzene ring substituents is 1. The number of nitro groups is 1. The molecule has 0 atom stereocenters. The Balaban J connectivity index is 2.11. The van der Waals surface area contributed by atoms with Gasteiger partial charge in [0.1, 0.15) is 11.5 Å². The van der Waals surface area contributed by atoms with Crippen molar-refractivity contribution in [2.24, 2.45) is 0 Å². The van der Waals surface area contributed by atoms with Crippen molar-refractivity contribution in [1.82, 2.24) is 5.32 Å². The van der Waals surface area contributed by atoms with Crippen LogP contribution in [0.25, 0.3) is 0 Å². The monoisotopic (exact) mass is 320 g/mol. The fraction of sp³-hybridized carbons (Fsp3) is 0.133. The number of hydrogen-bond donors (Lipinski definition) is 1. The molecule has 0 saturated carbocycles. The summed E-state index contributed by atoms with van der Waals surface area (Å²) in [6.45, 7) is -0.161. The number of nitrogens with zero attached hydrogens (tertiary/aromatic N) is 1. The second-order valence-electron chi connectivity index (χ2n) is 4.41. The van der Waals surface area contributed by atoms with Crippen LogP contribution in [-0.2, 0) is 4.79 Å². The molecule has 0 aliphatic rings. The van der Waals surface area contributed by atoms with E-state index >= 15 is 0 Å². The largest absolute Gasteiger partial charge is 0.484 e. The molecule has 0 aliphatic carbocycles. The lowest BCUT2D eigenvalue weighted by Gasteiger charge is -2.09. The molecular formula is C15H13FN2O5. The average molecular weight is 320 g/mol. The van der Waals surface area contributed by atoms with E-state index in [1.54, 1.807) is 18.2 Å². The summed E-state index contributed by atoms with van der Waals surface area (Å²) in [5, 5.41) is 13.0. The number of carbonyl (C=O) groups excluding carboxylic acids is 1. The lowest BCUT2D eigenvalue weighted by molar-refractivity contribution is -0.385. The number of hydrogen-bond acceptors (Lipinski definition) is 5. The van der Waals surface area contributed by atoms with E-state index in [9.17, 15) is 19.3 Å². The minimum absolute atomic E-state index is 0.154. The molecule has 0 spiro atoms. The molecule has 8 heteroatoms. The molecule has 0 heterocycles. The summed E-state index contributed by atoms with van der Waals surface area (Å²) in [7, 11) is 1.49. The molecule has 120 valence electrons. The van der Waals surface area contributed by atoms with Gasteiger partial charge >= 0.3 is 0 Å². The number of nitrogens with one attached hydrogen (secondary N) is 1. The number of halogens is 1. The van der Waals surface area contributed by atoms with Crippen LogP contribution in [0.15, 0.2) is 42.5 Å². The Morgan fingerprint density at radius 2 is 2.00 bits per heavy atom. The number of rotatable bonds is 6. The molecule has 0 bridgehead atoms. The average Bonchev–Trinajstić information content (AvgIpc) is 2.54. The third kappa shape index (κ3) is 4.40. The first-order chi connectivity index (χ1) is 11.0.